The highest BCUT2D eigenvalue weighted by molar-refractivity contribution is 6.42. The number of benzene rings is 1. The Kier molecular flexibility index (Phi) is 5.87. The van der Waals surface area contributed by atoms with Gasteiger partial charge in [-0.1, -0.05) is 29.3 Å². The van der Waals surface area contributed by atoms with Crippen LogP contribution in [0.4, 0.5) is 5.95 Å². The number of furan rings is 1. The molecular formula is C20H18Cl2N4O3. The fraction of sp³-hybridized carbons (Fsp3) is 0.250. The summed E-state index contributed by atoms with van der Waals surface area (Å²) in [6.45, 7) is 2.62. The van der Waals surface area contributed by atoms with E-state index in [0.717, 1.165) is 0 Å². The first-order chi connectivity index (χ1) is 14.1. The van der Waals surface area contributed by atoms with Crippen molar-refractivity contribution in [2.45, 2.75) is 6.61 Å². The van der Waals surface area contributed by atoms with Gasteiger partial charge < -0.3 is 19.0 Å². The average molecular weight is 433 g/mol. The Morgan fingerprint density at radius 2 is 1.79 bits per heavy atom. The summed E-state index contributed by atoms with van der Waals surface area (Å²) < 4.78 is 11.3. The Balaban J connectivity index is 1.33. The van der Waals surface area contributed by atoms with Crippen molar-refractivity contribution in [1.29, 1.82) is 0 Å². The highest BCUT2D eigenvalue weighted by Crippen LogP contribution is 2.32. The summed E-state index contributed by atoms with van der Waals surface area (Å²) in [5.74, 6) is 1.80. The van der Waals surface area contributed by atoms with E-state index in [1.54, 1.807) is 53.7 Å². The number of hydrogen-bond donors (Lipinski definition) is 0. The highest BCUT2D eigenvalue weighted by Gasteiger charge is 2.25. The zero-order chi connectivity index (χ0) is 20.2. The minimum atomic E-state index is -0.148. The number of nitrogens with zero attached hydrogens (tertiary/aromatic N) is 4. The predicted molar refractivity (Wildman–Crippen MR) is 110 cm³/mol. The van der Waals surface area contributed by atoms with Crippen LogP contribution in [0.2, 0.25) is 10.0 Å². The summed E-state index contributed by atoms with van der Waals surface area (Å²) in [5.41, 5.74) is 0. The number of piperazine rings is 1. The van der Waals surface area contributed by atoms with Crippen LogP contribution in [0.15, 0.2) is 53.2 Å². The van der Waals surface area contributed by atoms with Gasteiger partial charge in [-0.15, -0.1) is 0 Å². The van der Waals surface area contributed by atoms with Crippen molar-refractivity contribution in [2.24, 2.45) is 0 Å². The molecule has 1 amide bonds. The van der Waals surface area contributed by atoms with Gasteiger partial charge in [-0.25, -0.2) is 9.97 Å². The average Bonchev–Trinajstić information content (AvgIpc) is 3.24. The van der Waals surface area contributed by atoms with Gasteiger partial charge in [0.25, 0.3) is 5.91 Å². The third-order valence-corrected chi connectivity index (χ3v) is 5.36. The Labute approximate surface area is 177 Å². The molecule has 0 atom stereocenters. The SMILES string of the molecule is O=C(c1ccc(COc2cccc(Cl)c2Cl)o1)N1CCN(c2ncccn2)CC1. The van der Waals surface area contributed by atoms with Gasteiger partial charge in [0.1, 0.15) is 23.1 Å². The third-order valence-electron chi connectivity index (χ3n) is 4.56. The molecule has 4 rings (SSSR count). The molecule has 2 aromatic heterocycles. The minimum absolute atomic E-state index is 0.145. The number of rotatable bonds is 5. The van der Waals surface area contributed by atoms with Gasteiger partial charge in [0.05, 0.1) is 5.02 Å². The van der Waals surface area contributed by atoms with Crippen LogP contribution in [0.1, 0.15) is 16.3 Å². The van der Waals surface area contributed by atoms with Crippen LogP contribution in [0, 0.1) is 0 Å². The van der Waals surface area contributed by atoms with E-state index in [2.05, 4.69) is 14.9 Å². The summed E-state index contributed by atoms with van der Waals surface area (Å²) in [7, 11) is 0. The van der Waals surface area contributed by atoms with Crippen molar-refractivity contribution >= 4 is 35.1 Å². The lowest BCUT2D eigenvalue weighted by Crippen LogP contribution is -2.49. The van der Waals surface area contributed by atoms with Crippen LogP contribution in [-0.4, -0.2) is 47.0 Å². The van der Waals surface area contributed by atoms with Crippen molar-refractivity contribution in [3.8, 4) is 5.75 Å². The number of anilines is 1. The van der Waals surface area contributed by atoms with Gasteiger partial charge in [0, 0.05) is 38.6 Å². The third kappa shape index (κ3) is 4.46. The van der Waals surface area contributed by atoms with E-state index in [9.17, 15) is 4.79 Å². The zero-order valence-electron chi connectivity index (χ0n) is 15.4. The topological polar surface area (TPSA) is 71.7 Å². The summed E-state index contributed by atoms with van der Waals surface area (Å²) in [4.78, 5) is 25.1. The fourth-order valence-corrected chi connectivity index (χ4v) is 3.38. The van der Waals surface area contributed by atoms with E-state index >= 15 is 0 Å². The van der Waals surface area contributed by atoms with Gasteiger partial charge in [-0.05, 0) is 30.3 Å². The number of amides is 1. The van der Waals surface area contributed by atoms with Crippen LogP contribution < -0.4 is 9.64 Å². The molecule has 29 heavy (non-hydrogen) atoms. The van der Waals surface area contributed by atoms with Crippen LogP contribution >= 0.6 is 23.2 Å². The molecule has 3 aromatic rings. The second-order valence-corrected chi connectivity index (χ2v) is 7.22. The molecule has 0 bridgehead atoms. The molecule has 150 valence electrons. The second kappa shape index (κ2) is 8.71. The van der Waals surface area contributed by atoms with Crippen LogP contribution in [-0.2, 0) is 6.61 Å². The van der Waals surface area contributed by atoms with E-state index in [0.29, 0.717) is 53.7 Å². The summed E-state index contributed by atoms with van der Waals surface area (Å²) in [5, 5.41) is 0.761. The Morgan fingerprint density at radius 1 is 1.03 bits per heavy atom. The maximum Gasteiger partial charge on any atom is 0.289 e. The first kappa shape index (κ1) is 19.5. The monoisotopic (exact) mass is 432 g/mol. The van der Waals surface area contributed by atoms with E-state index in [4.69, 9.17) is 32.4 Å². The second-order valence-electron chi connectivity index (χ2n) is 6.43. The van der Waals surface area contributed by atoms with Gasteiger partial charge >= 0.3 is 0 Å². The predicted octanol–water partition coefficient (Wildman–Crippen LogP) is 3.92. The lowest BCUT2D eigenvalue weighted by atomic mass is 10.3. The molecule has 0 aliphatic carbocycles. The van der Waals surface area contributed by atoms with E-state index in [-0.39, 0.29) is 18.3 Å². The number of halogens is 2. The lowest BCUT2D eigenvalue weighted by Gasteiger charge is -2.34. The Bertz CT molecular complexity index is 988. The Hall–Kier alpha value is -2.77. The molecular weight excluding hydrogens is 415 g/mol. The van der Waals surface area contributed by atoms with Crippen molar-refractivity contribution in [1.82, 2.24) is 14.9 Å². The molecule has 1 aliphatic heterocycles. The summed E-state index contributed by atoms with van der Waals surface area (Å²) >= 11 is 12.1. The molecule has 0 unspecified atom stereocenters. The zero-order valence-corrected chi connectivity index (χ0v) is 16.9. The lowest BCUT2D eigenvalue weighted by molar-refractivity contribution is 0.0710. The molecule has 7 nitrogen and oxygen atoms in total. The summed E-state index contributed by atoms with van der Waals surface area (Å²) in [6, 6.07) is 10.3. The quantitative estimate of drug-likeness (QED) is 0.608. The van der Waals surface area contributed by atoms with Gasteiger partial charge in [0.15, 0.2) is 5.76 Å². The molecule has 9 heteroatoms. The number of ether oxygens (including phenoxy) is 1. The fourth-order valence-electron chi connectivity index (χ4n) is 3.03. The Morgan fingerprint density at radius 3 is 2.55 bits per heavy atom. The number of hydrogen-bond acceptors (Lipinski definition) is 6. The van der Waals surface area contributed by atoms with Gasteiger partial charge in [0.2, 0.25) is 5.95 Å². The van der Waals surface area contributed by atoms with Crippen LogP contribution in [0.25, 0.3) is 0 Å². The molecule has 1 fully saturated rings. The first-order valence-electron chi connectivity index (χ1n) is 9.08. The van der Waals surface area contributed by atoms with E-state index in [1.807, 2.05) is 0 Å². The number of carbonyl (C=O) groups is 1. The van der Waals surface area contributed by atoms with E-state index < -0.39 is 0 Å². The molecule has 0 radical (unpaired) electrons. The normalized spacial score (nSPS) is 14.1. The molecule has 1 aromatic carbocycles. The molecule has 1 aliphatic rings. The van der Waals surface area contributed by atoms with Crippen molar-refractivity contribution in [3.63, 3.8) is 0 Å². The highest BCUT2D eigenvalue weighted by atomic mass is 35.5. The first-order valence-corrected chi connectivity index (χ1v) is 9.84. The van der Waals surface area contributed by atoms with Crippen LogP contribution in [0.5, 0.6) is 5.75 Å². The maximum atomic E-state index is 12.7. The van der Waals surface area contributed by atoms with E-state index in [1.165, 1.54) is 0 Å². The van der Waals surface area contributed by atoms with Crippen molar-refractivity contribution in [3.05, 3.63) is 70.4 Å². The number of aromatic nitrogens is 2. The molecule has 0 saturated carbocycles. The minimum Gasteiger partial charge on any atom is -0.484 e. The van der Waals surface area contributed by atoms with Gasteiger partial charge in [-0.3, -0.25) is 4.79 Å². The smallest absolute Gasteiger partial charge is 0.289 e. The molecule has 0 spiro atoms. The maximum absolute atomic E-state index is 12.7. The number of carbonyl (C=O) groups excluding carboxylic acids is 1. The van der Waals surface area contributed by atoms with Crippen molar-refractivity contribution < 1.29 is 13.9 Å². The molecule has 0 N–H and O–H groups in total. The molecule has 1 saturated heterocycles. The standard InChI is InChI=1S/C20H18Cl2N4O3/c21-15-3-1-4-16(18(15)22)28-13-14-5-6-17(29-14)19(27)25-9-11-26(12-10-25)20-23-7-2-8-24-20/h1-8H,9-13H2. The largest absolute Gasteiger partial charge is 0.484 e. The molecule has 3 heterocycles. The van der Waals surface area contributed by atoms with Crippen molar-refractivity contribution in [2.75, 3.05) is 31.1 Å². The van der Waals surface area contributed by atoms with Crippen LogP contribution in [0.3, 0.4) is 0 Å². The van der Waals surface area contributed by atoms with Gasteiger partial charge in [-0.2, -0.15) is 0 Å². The summed E-state index contributed by atoms with van der Waals surface area (Å²) in [6.07, 6.45) is 3.42.